The molecule has 2 aromatic rings. The van der Waals surface area contributed by atoms with Crippen LogP contribution in [0.25, 0.3) is 0 Å². The summed E-state index contributed by atoms with van der Waals surface area (Å²) < 4.78 is 2.00. The Balaban J connectivity index is 1.64. The highest BCUT2D eigenvalue weighted by Crippen LogP contribution is 2.01. The third kappa shape index (κ3) is 3.06. The van der Waals surface area contributed by atoms with Gasteiger partial charge in [-0.15, -0.1) is 10.2 Å². The predicted octanol–water partition coefficient (Wildman–Crippen LogP) is -0.206. The van der Waals surface area contributed by atoms with Crippen molar-refractivity contribution in [3.05, 3.63) is 24.4 Å². The molecule has 8 nitrogen and oxygen atoms in total. The Hall–Kier alpha value is -2.38. The van der Waals surface area contributed by atoms with Gasteiger partial charge >= 0.3 is 0 Å². The van der Waals surface area contributed by atoms with E-state index in [1.165, 1.54) is 0 Å². The first kappa shape index (κ1) is 12.1. The minimum absolute atomic E-state index is 0.117. The summed E-state index contributed by atoms with van der Waals surface area (Å²) in [6.45, 7) is 1.47. The molecule has 0 aromatic carbocycles. The second kappa shape index (κ2) is 5.80. The minimum Gasteiger partial charge on any atom is -0.380 e. The SMILES string of the molecule is Nc1n[nH]nc1C(=O)NCCCCn1ccnc1. The van der Waals surface area contributed by atoms with Gasteiger partial charge in [-0.05, 0) is 12.8 Å². The molecule has 2 rings (SSSR count). The molecule has 0 aliphatic rings. The monoisotopic (exact) mass is 249 g/mol. The lowest BCUT2D eigenvalue weighted by molar-refractivity contribution is 0.0948. The van der Waals surface area contributed by atoms with Crippen LogP contribution in [0.4, 0.5) is 5.82 Å². The summed E-state index contributed by atoms with van der Waals surface area (Å²) in [4.78, 5) is 15.5. The summed E-state index contributed by atoms with van der Waals surface area (Å²) in [5.41, 5.74) is 5.60. The lowest BCUT2D eigenvalue weighted by Gasteiger charge is -2.04. The summed E-state index contributed by atoms with van der Waals surface area (Å²) in [5, 5.41) is 12.3. The Bertz CT molecular complexity index is 490. The lowest BCUT2D eigenvalue weighted by Crippen LogP contribution is -2.25. The van der Waals surface area contributed by atoms with Crippen LogP contribution in [0.1, 0.15) is 23.3 Å². The average Bonchev–Trinajstić information content (AvgIpc) is 2.99. The molecule has 0 radical (unpaired) electrons. The number of unbranched alkanes of at least 4 members (excludes halogenated alkanes) is 1. The largest absolute Gasteiger partial charge is 0.380 e. The molecule has 0 spiro atoms. The van der Waals surface area contributed by atoms with Gasteiger partial charge < -0.3 is 15.6 Å². The molecule has 0 bridgehead atoms. The Labute approximate surface area is 104 Å². The Kier molecular flexibility index (Phi) is 3.90. The zero-order chi connectivity index (χ0) is 12.8. The van der Waals surface area contributed by atoms with E-state index in [-0.39, 0.29) is 17.4 Å². The number of hydrogen-bond acceptors (Lipinski definition) is 5. The molecule has 0 saturated heterocycles. The van der Waals surface area contributed by atoms with Crippen LogP contribution in [-0.2, 0) is 6.54 Å². The van der Waals surface area contributed by atoms with Gasteiger partial charge in [0.05, 0.1) is 6.33 Å². The van der Waals surface area contributed by atoms with Crippen LogP contribution in [0.2, 0.25) is 0 Å². The van der Waals surface area contributed by atoms with Crippen LogP contribution < -0.4 is 11.1 Å². The quantitative estimate of drug-likeness (QED) is 0.613. The number of nitrogen functional groups attached to an aromatic ring is 1. The van der Waals surface area contributed by atoms with Gasteiger partial charge in [-0.1, -0.05) is 0 Å². The molecular weight excluding hydrogens is 234 g/mol. The molecule has 8 heteroatoms. The van der Waals surface area contributed by atoms with Crippen LogP contribution in [0.5, 0.6) is 0 Å². The number of aromatic amines is 1. The molecule has 0 aliphatic heterocycles. The summed E-state index contributed by atoms with van der Waals surface area (Å²) in [5.74, 6) is -0.185. The summed E-state index contributed by atoms with van der Waals surface area (Å²) in [6.07, 6.45) is 7.27. The number of imidazole rings is 1. The van der Waals surface area contributed by atoms with Gasteiger partial charge in [0.15, 0.2) is 11.5 Å². The van der Waals surface area contributed by atoms with Gasteiger partial charge in [0.1, 0.15) is 0 Å². The molecule has 2 aromatic heterocycles. The fraction of sp³-hybridized carbons (Fsp3) is 0.400. The number of H-pyrrole nitrogens is 1. The maximum Gasteiger partial charge on any atom is 0.275 e. The Morgan fingerprint density at radius 2 is 2.33 bits per heavy atom. The van der Waals surface area contributed by atoms with Crippen LogP contribution >= 0.6 is 0 Å². The van der Waals surface area contributed by atoms with Crippen molar-refractivity contribution < 1.29 is 4.79 Å². The lowest BCUT2D eigenvalue weighted by atomic mass is 10.3. The predicted molar refractivity (Wildman–Crippen MR) is 64.6 cm³/mol. The molecule has 18 heavy (non-hydrogen) atoms. The van der Waals surface area contributed by atoms with Crippen LogP contribution in [0.15, 0.2) is 18.7 Å². The number of hydrogen-bond donors (Lipinski definition) is 3. The van der Waals surface area contributed by atoms with E-state index in [9.17, 15) is 4.79 Å². The molecule has 4 N–H and O–H groups in total. The van der Waals surface area contributed by atoms with Gasteiger partial charge in [-0.3, -0.25) is 4.79 Å². The van der Waals surface area contributed by atoms with E-state index in [0.29, 0.717) is 6.54 Å². The van der Waals surface area contributed by atoms with Crippen molar-refractivity contribution in [2.24, 2.45) is 0 Å². The normalized spacial score (nSPS) is 10.4. The molecule has 0 atom stereocenters. The highest BCUT2D eigenvalue weighted by atomic mass is 16.2. The number of rotatable bonds is 6. The molecule has 0 unspecified atom stereocenters. The third-order valence-electron chi connectivity index (χ3n) is 2.48. The number of anilines is 1. The second-order valence-electron chi connectivity index (χ2n) is 3.82. The Morgan fingerprint density at radius 1 is 1.44 bits per heavy atom. The zero-order valence-electron chi connectivity index (χ0n) is 9.83. The standard InChI is InChI=1S/C10H15N7O/c11-9-8(14-16-15-9)10(18)13-3-1-2-5-17-6-4-12-7-17/h4,6-7H,1-3,5H2,(H,13,18)(H3,11,14,15,16). The average molecular weight is 249 g/mol. The van der Waals surface area contributed by atoms with E-state index < -0.39 is 0 Å². The molecule has 2 heterocycles. The number of carbonyl (C=O) groups excluding carboxylic acids is 1. The smallest absolute Gasteiger partial charge is 0.275 e. The van der Waals surface area contributed by atoms with Crippen molar-refractivity contribution in [3.63, 3.8) is 0 Å². The van der Waals surface area contributed by atoms with Crippen molar-refractivity contribution in [2.75, 3.05) is 12.3 Å². The van der Waals surface area contributed by atoms with E-state index in [1.807, 2.05) is 10.8 Å². The third-order valence-corrected chi connectivity index (χ3v) is 2.48. The van der Waals surface area contributed by atoms with Crippen LogP contribution in [0.3, 0.4) is 0 Å². The number of nitrogens with one attached hydrogen (secondary N) is 2. The molecule has 96 valence electrons. The summed E-state index contributed by atoms with van der Waals surface area (Å²) >= 11 is 0. The fourth-order valence-electron chi connectivity index (χ4n) is 1.53. The molecule has 0 saturated carbocycles. The van der Waals surface area contributed by atoms with Gasteiger partial charge in [-0.25, -0.2) is 4.98 Å². The van der Waals surface area contributed by atoms with E-state index in [1.54, 1.807) is 12.5 Å². The van der Waals surface area contributed by atoms with Crippen molar-refractivity contribution in [3.8, 4) is 0 Å². The number of aryl methyl sites for hydroxylation is 1. The van der Waals surface area contributed by atoms with E-state index in [0.717, 1.165) is 19.4 Å². The molecule has 0 aliphatic carbocycles. The number of aromatic nitrogens is 5. The number of carbonyl (C=O) groups is 1. The number of nitrogens with two attached hydrogens (primary N) is 1. The summed E-state index contributed by atoms with van der Waals surface area (Å²) in [7, 11) is 0. The first-order valence-electron chi connectivity index (χ1n) is 5.67. The van der Waals surface area contributed by atoms with E-state index in [4.69, 9.17) is 5.73 Å². The highest BCUT2D eigenvalue weighted by Gasteiger charge is 2.12. The van der Waals surface area contributed by atoms with Crippen molar-refractivity contribution >= 4 is 11.7 Å². The zero-order valence-corrected chi connectivity index (χ0v) is 9.83. The van der Waals surface area contributed by atoms with Crippen molar-refractivity contribution in [1.82, 2.24) is 30.3 Å². The number of amides is 1. The van der Waals surface area contributed by atoms with E-state index in [2.05, 4.69) is 25.7 Å². The molecular formula is C10H15N7O. The van der Waals surface area contributed by atoms with Gasteiger partial charge in [-0.2, -0.15) is 5.21 Å². The number of nitrogens with zero attached hydrogens (tertiary/aromatic N) is 4. The van der Waals surface area contributed by atoms with Gasteiger partial charge in [0, 0.05) is 25.5 Å². The van der Waals surface area contributed by atoms with Crippen molar-refractivity contribution in [1.29, 1.82) is 0 Å². The first-order chi connectivity index (χ1) is 8.77. The first-order valence-corrected chi connectivity index (χ1v) is 5.67. The van der Waals surface area contributed by atoms with Crippen molar-refractivity contribution in [2.45, 2.75) is 19.4 Å². The summed E-state index contributed by atoms with van der Waals surface area (Å²) in [6, 6.07) is 0. The Morgan fingerprint density at radius 3 is 3.00 bits per heavy atom. The maximum absolute atomic E-state index is 11.6. The van der Waals surface area contributed by atoms with Crippen LogP contribution in [-0.4, -0.2) is 37.4 Å². The van der Waals surface area contributed by atoms with Gasteiger partial charge in [0.2, 0.25) is 0 Å². The topological polar surface area (TPSA) is 115 Å². The molecule has 0 fully saturated rings. The highest BCUT2D eigenvalue weighted by molar-refractivity contribution is 5.96. The second-order valence-corrected chi connectivity index (χ2v) is 3.82. The van der Waals surface area contributed by atoms with E-state index >= 15 is 0 Å². The molecule has 1 amide bonds. The minimum atomic E-state index is -0.302. The van der Waals surface area contributed by atoms with Gasteiger partial charge in [0.25, 0.3) is 5.91 Å². The fourth-order valence-corrected chi connectivity index (χ4v) is 1.53. The van der Waals surface area contributed by atoms with Crippen LogP contribution in [0, 0.1) is 0 Å². The maximum atomic E-state index is 11.6.